The predicted octanol–water partition coefficient (Wildman–Crippen LogP) is 2.46. The zero-order valence-electron chi connectivity index (χ0n) is 20.8. The number of methoxy groups -OCH3 is 3. The maximum absolute atomic E-state index is 14.0. The minimum atomic E-state index is -3.25. The van der Waals surface area contributed by atoms with Crippen LogP contribution >= 0.6 is 11.8 Å². The molecule has 1 N–H and O–H groups in total. The Kier molecular flexibility index (Phi) is 5.80. The summed E-state index contributed by atoms with van der Waals surface area (Å²) in [7, 11) is 1.31. The van der Waals surface area contributed by atoms with E-state index in [0.29, 0.717) is 44.5 Å². The molecule has 4 heterocycles. The first-order chi connectivity index (χ1) is 18.2. The van der Waals surface area contributed by atoms with Gasteiger partial charge in [0.25, 0.3) is 5.56 Å². The topological polar surface area (TPSA) is 131 Å². The Morgan fingerprint density at radius 3 is 2.61 bits per heavy atom. The van der Waals surface area contributed by atoms with E-state index >= 15 is 0 Å². The molecule has 2 aliphatic rings. The zero-order chi connectivity index (χ0) is 26.8. The molecule has 0 radical (unpaired) electrons. The van der Waals surface area contributed by atoms with Crippen LogP contribution in [0.4, 0.5) is 5.69 Å². The molecule has 2 aliphatic heterocycles. The van der Waals surface area contributed by atoms with Crippen LogP contribution in [0.2, 0.25) is 0 Å². The monoisotopic (exact) mass is 556 g/mol. The Bertz CT molecular complexity index is 1800. The first-order valence-electron chi connectivity index (χ1n) is 11.7. The third-order valence-corrected chi connectivity index (χ3v) is 10.1. The third-order valence-electron chi connectivity index (χ3n) is 6.89. The molecule has 2 aromatic carbocycles. The number of amides is 1. The molecule has 1 amide bonds. The van der Waals surface area contributed by atoms with Gasteiger partial charge in [-0.1, -0.05) is 17.8 Å². The molecule has 6 rings (SSSR count). The van der Waals surface area contributed by atoms with Crippen molar-refractivity contribution < 1.29 is 27.4 Å². The molecule has 198 valence electrons. The van der Waals surface area contributed by atoms with E-state index in [4.69, 9.17) is 19.2 Å². The van der Waals surface area contributed by atoms with Crippen molar-refractivity contribution in [3.63, 3.8) is 0 Å². The molecular formula is C25H24N4O7S2. The van der Waals surface area contributed by atoms with Gasteiger partial charge < -0.3 is 24.1 Å². The first kappa shape index (κ1) is 24.6. The number of thioether (sulfide) groups is 1. The van der Waals surface area contributed by atoms with E-state index in [-0.39, 0.29) is 40.3 Å². The Balaban J connectivity index is 1.53. The molecule has 11 nitrogen and oxygen atoms in total. The summed E-state index contributed by atoms with van der Waals surface area (Å²) in [5.74, 6) is 1.01. The number of rotatable bonds is 6. The van der Waals surface area contributed by atoms with Crippen LogP contribution in [0.3, 0.4) is 0 Å². The van der Waals surface area contributed by atoms with E-state index in [1.807, 2.05) is 0 Å². The second-order valence-corrected chi connectivity index (χ2v) is 12.5. The van der Waals surface area contributed by atoms with E-state index in [0.717, 1.165) is 0 Å². The van der Waals surface area contributed by atoms with Crippen LogP contribution < -0.4 is 25.1 Å². The summed E-state index contributed by atoms with van der Waals surface area (Å²) in [6.07, 6.45) is 0. The fraction of sp³-hybridized carbons (Fsp3) is 0.320. The fourth-order valence-electron chi connectivity index (χ4n) is 5.21. The number of fused-ring (bicyclic) bond motifs is 6. The number of nitrogens with one attached hydrogen (secondary N) is 1. The maximum atomic E-state index is 14.0. The first-order valence-corrected chi connectivity index (χ1v) is 14.4. The van der Waals surface area contributed by atoms with Gasteiger partial charge >= 0.3 is 0 Å². The Morgan fingerprint density at radius 2 is 1.87 bits per heavy atom. The number of anilines is 1. The van der Waals surface area contributed by atoms with Gasteiger partial charge in [-0.05, 0) is 18.2 Å². The third kappa shape index (κ3) is 3.88. The highest BCUT2D eigenvalue weighted by molar-refractivity contribution is 8.02. The number of carbonyl (C=O) groups excluding carboxylic acids is 1. The summed E-state index contributed by atoms with van der Waals surface area (Å²) in [6, 6.07) is 9.91. The Hall–Kier alpha value is -3.71. The summed E-state index contributed by atoms with van der Waals surface area (Å²) in [5, 5.41) is 3.68. The van der Waals surface area contributed by atoms with Crippen molar-refractivity contribution in [1.82, 2.24) is 14.1 Å². The van der Waals surface area contributed by atoms with E-state index in [1.165, 1.54) is 37.7 Å². The zero-order valence-corrected chi connectivity index (χ0v) is 22.4. The van der Waals surface area contributed by atoms with Gasteiger partial charge in [-0.3, -0.25) is 14.2 Å². The predicted molar refractivity (Wildman–Crippen MR) is 144 cm³/mol. The summed E-state index contributed by atoms with van der Waals surface area (Å²) in [6.45, 7) is -0.192. The molecule has 0 saturated carbocycles. The smallest absolute Gasteiger partial charge is 0.279 e. The van der Waals surface area contributed by atoms with Crippen molar-refractivity contribution >= 4 is 55.1 Å². The number of ether oxygens (including phenoxy) is 3. The average Bonchev–Trinajstić information content (AvgIpc) is 3.48. The SMILES string of the molecule is COc1cccc(NC(=O)Cn2c3cc(OC)c(OC)cc3c3nc4n(c(=O)c32)[C@H]2CS(=O)(=O)C[C@@H]2S4)c1. The molecule has 38 heavy (non-hydrogen) atoms. The van der Waals surface area contributed by atoms with Gasteiger partial charge in [-0.2, -0.15) is 0 Å². The Labute approximate surface area is 221 Å². The highest BCUT2D eigenvalue weighted by atomic mass is 32.2. The quantitative estimate of drug-likeness (QED) is 0.356. The molecule has 2 aromatic heterocycles. The number of benzene rings is 2. The van der Waals surface area contributed by atoms with Crippen LogP contribution in [0.15, 0.2) is 46.3 Å². The molecule has 2 atom stereocenters. The van der Waals surface area contributed by atoms with E-state index in [1.54, 1.807) is 41.0 Å². The van der Waals surface area contributed by atoms with Crippen LogP contribution in [0.25, 0.3) is 21.9 Å². The van der Waals surface area contributed by atoms with Gasteiger partial charge in [0.2, 0.25) is 5.91 Å². The lowest BCUT2D eigenvalue weighted by molar-refractivity contribution is -0.116. The fourth-order valence-corrected chi connectivity index (χ4v) is 9.11. The summed E-state index contributed by atoms with van der Waals surface area (Å²) in [4.78, 5) is 32.0. The van der Waals surface area contributed by atoms with Crippen LogP contribution in [0, 0.1) is 0 Å². The normalized spacial score (nSPS) is 19.3. The van der Waals surface area contributed by atoms with Gasteiger partial charge in [-0.25, -0.2) is 13.4 Å². The van der Waals surface area contributed by atoms with Crippen molar-refractivity contribution in [1.29, 1.82) is 0 Å². The van der Waals surface area contributed by atoms with Crippen LogP contribution in [0.1, 0.15) is 6.04 Å². The standard InChI is InChI=1S/C25H24N4O7S2/c1-34-14-6-4-5-13(7-14)26-21(30)10-28-16-9-19(36-3)18(35-2)8-15(16)22-23(28)24(31)29-17-11-38(32,33)12-20(17)37-25(29)27-22/h4-9,17,20H,10-12H2,1-3H3,(H,26,30)/t17-,20-/m0/s1. The van der Waals surface area contributed by atoms with Crippen LogP contribution in [0.5, 0.6) is 17.2 Å². The maximum Gasteiger partial charge on any atom is 0.279 e. The van der Waals surface area contributed by atoms with Crippen molar-refractivity contribution in [2.75, 3.05) is 38.2 Å². The second-order valence-electron chi connectivity index (χ2n) is 9.16. The van der Waals surface area contributed by atoms with E-state index in [2.05, 4.69) is 5.32 Å². The molecule has 0 bridgehead atoms. The van der Waals surface area contributed by atoms with Gasteiger partial charge in [-0.15, -0.1) is 0 Å². The van der Waals surface area contributed by atoms with Crippen molar-refractivity contribution in [3.8, 4) is 17.2 Å². The molecule has 13 heteroatoms. The molecule has 0 aliphatic carbocycles. The summed E-state index contributed by atoms with van der Waals surface area (Å²) >= 11 is 1.31. The molecule has 0 unspecified atom stereocenters. The minimum absolute atomic E-state index is 0.00403. The molecule has 4 aromatic rings. The lowest BCUT2D eigenvalue weighted by atomic mass is 10.2. The summed E-state index contributed by atoms with van der Waals surface area (Å²) in [5.41, 5.74) is 1.35. The van der Waals surface area contributed by atoms with Gasteiger partial charge in [0.05, 0.1) is 44.4 Å². The minimum Gasteiger partial charge on any atom is -0.497 e. The molecule has 1 saturated heterocycles. The number of sulfone groups is 1. The van der Waals surface area contributed by atoms with Crippen molar-refractivity contribution in [2.24, 2.45) is 0 Å². The Morgan fingerprint density at radius 1 is 1.11 bits per heavy atom. The number of nitrogens with zero attached hydrogens (tertiary/aromatic N) is 3. The lowest BCUT2D eigenvalue weighted by Gasteiger charge is -2.12. The second kappa shape index (κ2) is 8.95. The van der Waals surface area contributed by atoms with Crippen molar-refractivity contribution in [2.45, 2.75) is 23.0 Å². The number of hydrogen-bond acceptors (Lipinski definition) is 9. The molecule has 0 spiro atoms. The summed E-state index contributed by atoms with van der Waals surface area (Å²) < 4.78 is 43.9. The lowest BCUT2D eigenvalue weighted by Crippen LogP contribution is -2.29. The largest absolute Gasteiger partial charge is 0.497 e. The number of carbonyl (C=O) groups is 1. The van der Waals surface area contributed by atoms with Gasteiger partial charge in [0.15, 0.2) is 26.5 Å². The van der Waals surface area contributed by atoms with Gasteiger partial charge in [0, 0.05) is 28.5 Å². The highest BCUT2D eigenvalue weighted by Crippen LogP contribution is 2.45. The van der Waals surface area contributed by atoms with Crippen molar-refractivity contribution in [3.05, 3.63) is 46.8 Å². The molecular weight excluding hydrogens is 532 g/mol. The highest BCUT2D eigenvalue weighted by Gasteiger charge is 2.46. The molecule has 1 fully saturated rings. The number of aromatic nitrogens is 3. The van der Waals surface area contributed by atoms with Crippen LogP contribution in [-0.4, -0.2) is 66.5 Å². The van der Waals surface area contributed by atoms with E-state index in [9.17, 15) is 18.0 Å². The van der Waals surface area contributed by atoms with Gasteiger partial charge in [0.1, 0.15) is 23.3 Å². The van der Waals surface area contributed by atoms with Crippen LogP contribution in [-0.2, 0) is 21.2 Å². The average molecular weight is 557 g/mol. The number of hydrogen-bond donors (Lipinski definition) is 1. The van der Waals surface area contributed by atoms with E-state index < -0.39 is 15.9 Å².